The number of rotatable bonds is 3. The number of allylic oxidation sites excluding steroid dienone is 2. The van der Waals surface area contributed by atoms with Gasteiger partial charge in [0, 0.05) is 16.5 Å². The molecular formula is C11H13ClO4. The second-order valence-corrected chi connectivity index (χ2v) is 4.42. The first-order valence-corrected chi connectivity index (χ1v) is 5.27. The number of carboxylic acids is 2. The molecule has 0 spiro atoms. The predicted octanol–water partition coefficient (Wildman–Crippen LogP) is 2.25. The maximum atomic E-state index is 11.2. The van der Waals surface area contributed by atoms with Crippen molar-refractivity contribution in [3.63, 3.8) is 0 Å². The summed E-state index contributed by atoms with van der Waals surface area (Å²) in [7, 11) is 0. The van der Waals surface area contributed by atoms with E-state index in [0.29, 0.717) is 6.42 Å². The van der Waals surface area contributed by atoms with Crippen molar-refractivity contribution in [3.05, 3.63) is 22.8 Å². The van der Waals surface area contributed by atoms with E-state index in [-0.39, 0.29) is 10.6 Å². The minimum absolute atomic E-state index is 0.0555. The van der Waals surface area contributed by atoms with Crippen LogP contribution in [0.15, 0.2) is 22.8 Å². The SMILES string of the molecule is CCC1C(C(=O)O)=CC(Cl)=CC1(C)C(=O)O. The second-order valence-electron chi connectivity index (χ2n) is 3.98. The Balaban J connectivity index is 3.31. The van der Waals surface area contributed by atoms with Gasteiger partial charge in [0.25, 0.3) is 0 Å². The maximum Gasteiger partial charge on any atom is 0.331 e. The smallest absolute Gasteiger partial charge is 0.331 e. The van der Waals surface area contributed by atoms with Gasteiger partial charge in [0.1, 0.15) is 0 Å². The molecule has 5 heteroatoms. The van der Waals surface area contributed by atoms with Gasteiger partial charge in [-0.25, -0.2) is 4.79 Å². The highest BCUT2D eigenvalue weighted by Gasteiger charge is 2.44. The van der Waals surface area contributed by atoms with Crippen molar-refractivity contribution in [1.82, 2.24) is 0 Å². The van der Waals surface area contributed by atoms with Crippen molar-refractivity contribution in [3.8, 4) is 0 Å². The lowest BCUT2D eigenvalue weighted by molar-refractivity contribution is -0.147. The van der Waals surface area contributed by atoms with Crippen LogP contribution in [0.4, 0.5) is 0 Å². The number of carbonyl (C=O) groups is 2. The third-order valence-corrected chi connectivity index (χ3v) is 3.16. The standard InChI is InChI=1S/C11H13ClO4/c1-3-8-7(9(13)14)4-6(12)5-11(8,2)10(15)16/h4-5,8H,3H2,1-2H3,(H,13,14)(H,15,16). The molecule has 1 rings (SSSR count). The van der Waals surface area contributed by atoms with Crippen LogP contribution in [0, 0.1) is 11.3 Å². The molecule has 0 saturated carbocycles. The van der Waals surface area contributed by atoms with Gasteiger partial charge >= 0.3 is 11.9 Å². The lowest BCUT2D eigenvalue weighted by Crippen LogP contribution is -2.38. The summed E-state index contributed by atoms with van der Waals surface area (Å²) in [5.74, 6) is -2.75. The van der Waals surface area contributed by atoms with Crippen molar-refractivity contribution >= 4 is 23.5 Å². The third-order valence-electron chi connectivity index (χ3n) is 2.95. The van der Waals surface area contributed by atoms with Crippen LogP contribution < -0.4 is 0 Å². The molecule has 0 aromatic rings. The lowest BCUT2D eigenvalue weighted by atomic mass is 9.69. The van der Waals surface area contributed by atoms with Crippen molar-refractivity contribution in [2.75, 3.05) is 0 Å². The molecule has 4 nitrogen and oxygen atoms in total. The van der Waals surface area contributed by atoms with Gasteiger partial charge in [-0.15, -0.1) is 0 Å². The Hall–Kier alpha value is -1.29. The molecule has 1 aliphatic rings. The molecule has 0 amide bonds. The summed E-state index contributed by atoms with van der Waals surface area (Å²) in [4.78, 5) is 22.3. The Morgan fingerprint density at radius 1 is 1.50 bits per heavy atom. The van der Waals surface area contributed by atoms with Gasteiger partial charge in [0.05, 0.1) is 5.41 Å². The van der Waals surface area contributed by atoms with Gasteiger partial charge in [-0.05, 0) is 25.5 Å². The van der Waals surface area contributed by atoms with E-state index < -0.39 is 23.3 Å². The monoisotopic (exact) mass is 244 g/mol. The van der Waals surface area contributed by atoms with Gasteiger partial charge in [-0.2, -0.15) is 0 Å². The van der Waals surface area contributed by atoms with Gasteiger partial charge in [-0.3, -0.25) is 4.79 Å². The van der Waals surface area contributed by atoms with Crippen molar-refractivity contribution in [2.45, 2.75) is 20.3 Å². The number of carboxylic acid groups (broad SMARTS) is 2. The van der Waals surface area contributed by atoms with E-state index in [1.165, 1.54) is 19.1 Å². The van der Waals surface area contributed by atoms with Crippen LogP contribution in [0.1, 0.15) is 20.3 Å². The first-order valence-electron chi connectivity index (χ1n) is 4.89. The van der Waals surface area contributed by atoms with Crippen LogP contribution in [-0.2, 0) is 9.59 Å². The fraction of sp³-hybridized carbons (Fsp3) is 0.455. The molecule has 0 saturated heterocycles. The average molecular weight is 245 g/mol. The summed E-state index contributed by atoms with van der Waals surface area (Å²) in [6.07, 6.45) is 3.15. The van der Waals surface area contributed by atoms with E-state index in [1.54, 1.807) is 6.92 Å². The van der Waals surface area contributed by atoms with Crippen LogP contribution >= 0.6 is 11.6 Å². The zero-order valence-corrected chi connectivity index (χ0v) is 9.78. The second kappa shape index (κ2) is 4.29. The fourth-order valence-corrected chi connectivity index (χ4v) is 2.41. The molecule has 0 radical (unpaired) electrons. The first kappa shape index (κ1) is 12.8. The topological polar surface area (TPSA) is 74.6 Å². The quantitative estimate of drug-likeness (QED) is 0.799. The maximum absolute atomic E-state index is 11.2. The lowest BCUT2D eigenvalue weighted by Gasteiger charge is -2.34. The molecule has 0 heterocycles. The van der Waals surface area contributed by atoms with Gasteiger partial charge in [0.2, 0.25) is 0 Å². The number of halogens is 1. The van der Waals surface area contributed by atoms with E-state index in [1.807, 2.05) is 0 Å². The van der Waals surface area contributed by atoms with E-state index >= 15 is 0 Å². The molecule has 1 aliphatic carbocycles. The number of hydrogen-bond acceptors (Lipinski definition) is 2. The minimum atomic E-state index is -1.26. The minimum Gasteiger partial charge on any atom is -0.481 e. The van der Waals surface area contributed by atoms with E-state index in [0.717, 1.165) is 0 Å². The molecule has 0 fully saturated rings. The molecular weight excluding hydrogens is 232 g/mol. The zero-order valence-electron chi connectivity index (χ0n) is 9.03. The predicted molar refractivity (Wildman–Crippen MR) is 59.2 cm³/mol. The molecule has 0 aliphatic heterocycles. The van der Waals surface area contributed by atoms with E-state index in [2.05, 4.69) is 0 Å². The number of aliphatic carboxylic acids is 2. The van der Waals surface area contributed by atoms with Crippen LogP contribution in [0.5, 0.6) is 0 Å². The zero-order chi connectivity index (χ0) is 12.5. The fourth-order valence-electron chi connectivity index (χ4n) is 2.07. The third kappa shape index (κ3) is 1.97. The Labute approximate surface area is 98.2 Å². The normalized spacial score (nSPS) is 29.3. The molecule has 2 N–H and O–H groups in total. The molecule has 16 heavy (non-hydrogen) atoms. The highest BCUT2D eigenvalue weighted by Crippen LogP contribution is 2.42. The van der Waals surface area contributed by atoms with Crippen molar-refractivity contribution in [2.24, 2.45) is 11.3 Å². The van der Waals surface area contributed by atoms with E-state index in [9.17, 15) is 14.7 Å². The van der Waals surface area contributed by atoms with Gasteiger partial charge < -0.3 is 10.2 Å². The van der Waals surface area contributed by atoms with Crippen LogP contribution in [-0.4, -0.2) is 22.2 Å². The van der Waals surface area contributed by atoms with Crippen LogP contribution in [0.25, 0.3) is 0 Å². The first-order chi connectivity index (χ1) is 7.32. The Kier molecular flexibility index (Phi) is 3.43. The summed E-state index contributed by atoms with van der Waals surface area (Å²) in [6.45, 7) is 3.25. The highest BCUT2D eigenvalue weighted by atomic mass is 35.5. The summed E-state index contributed by atoms with van der Waals surface area (Å²) >= 11 is 5.76. The Morgan fingerprint density at radius 3 is 2.44 bits per heavy atom. The Bertz CT molecular complexity index is 397. The molecule has 88 valence electrons. The highest BCUT2D eigenvalue weighted by molar-refractivity contribution is 6.32. The summed E-state index contributed by atoms with van der Waals surface area (Å²) < 4.78 is 0. The van der Waals surface area contributed by atoms with Crippen molar-refractivity contribution in [1.29, 1.82) is 0 Å². The summed E-state index contributed by atoms with van der Waals surface area (Å²) in [6, 6.07) is 0. The molecule has 2 atom stereocenters. The summed E-state index contributed by atoms with van der Waals surface area (Å²) in [5, 5.41) is 18.4. The Morgan fingerprint density at radius 2 is 2.06 bits per heavy atom. The largest absolute Gasteiger partial charge is 0.481 e. The van der Waals surface area contributed by atoms with Crippen LogP contribution in [0.3, 0.4) is 0 Å². The number of hydrogen-bond donors (Lipinski definition) is 2. The molecule has 2 unspecified atom stereocenters. The van der Waals surface area contributed by atoms with Gasteiger partial charge in [0.15, 0.2) is 0 Å². The van der Waals surface area contributed by atoms with E-state index in [4.69, 9.17) is 16.7 Å². The van der Waals surface area contributed by atoms with Gasteiger partial charge in [-0.1, -0.05) is 18.5 Å². The molecule has 0 aromatic heterocycles. The molecule has 0 aromatic carbocycles. The molecule has 0 bridgehead atoms. The average Bonchev–Trinajstić information content (AvgIpc) is 2.16. The summed E-state index contributed by atoms with van der Waals surface area (Å²) in [5.41, 5.74) is -1.20. The van der Waals surface area contributed by atoms with Crippen LogP contribution in [0.2, 0.25) is 0 Å². The van der Waals surface area contributed by atoms with Crippen molar-refractivity contribution < 1.29 is 19.8 Å².